The molecule has 1 aliphatic heterocycles. The Hall–Kier alpha value is -0.610. The summed E-state index contributed by atoms with van der Waals surface area (Å²) in [7, 11) is 1.64. The van der Waals surface area contributed by atoms with E-state index in [2.05, 4.69) is 13.8 Å². The molecule has 0 aromatic rings. The van der Waals surface area contributed by atoms with Gasteiger partial charge in [0.05, 0.1) is 24.2 Å². The van der Waals surface area contributed by atoms with Crippen LogP contribution in [0.4, 0.5) is 0 Å². The molecular formula is C15H24O4. The molecule has 19 heavy (non-hydrogen) atoms. The number of aliphatic hydroxyl groups excluding tert-OH is 1. The smallest absolute Gasteiger partial charge is 0.309 e. The van der Waals surface area contributed by atoms with Crippen LogP contribution in [0.2, 0.25) is 0 Å². The van der Waals surface area contributed by atoms with Gasteiger partial charge in [0.15, 0.2) is 0 Å². The van der Waals surface area contributed by atoms with E-state index in [1.807, 2.05) is 6.92 Å². The lowest BCUT2D eigenvalue weighted by Crippen LogP contribution is -2.67. The van der Waals surface area contributed by atoms with Gasteiger partial charge in [-0.3, -0.25) is 4.79 Å². The lowest BCUT2D eigenvalue weighted by atomic mass is 9.47. The van der Waals surface area contributed by atoms with Gasteiger partial charge < -0.3 is 14.6 Å². The number of hydrogen-bond acceptors (Lipinski definition) is 4. The van der Waals surface area contributed by atoms with Crippen molar-refractivity contribution in [3.8, 4) is 0 Å². The van der Waals surface area contributed by atoms with Gasteiger partial charge in [0, 0.05) is 18.9 Å². The number of carbonyl (C=O) groups excluding carboxylic acids is 1. The topological polar surface area (TPSA) is 55.8 Å². The van der Waals surface area contributed by atoms with E-state index in [4.69, 9.17) is 9.47 Å². The third-order valence-corrected chi connectivity index (χ3v) is 6.08. The Morgan fingerprint density at radius 3 is 2.74 bits per heavy atom. The van der Waals surface area contributed by atoms with Crippen molar-refractivity contribution in [2.45, 2.75) is 38.9 Å². The summed E-state index contributed by atoms with van der Waals surface area (Å²) in [5, 5.41) is 10.8. The fourth-order valence-electron chi connectivity index (χ4n) is 4.93. The Morgan fingerprint density at radius 1 is 1.47 bits per heavy atom. The summed E-state index contributed by atoms with van der Waals surface area (Å²) in [6, 6.07) is 0. The first-order chi connectivity index (χ1) is 8.91. The van der Waals surface area contributed by atoms with Crippen LogP contribution in [0, 0.1) is 35.5 Å². The van der Waals surface area contributed by atoms with Crippen LogP contribution in [-0.2, 0) is 14.3 Å². The number of ether oxygens (including phenoxy) is 2. The van der Waals surface area contributed by atoms with Crippen molar-refractivity contribution in [2.24, 2.45) is 35.5 Å². The third-order valence-electron chi connectivity index (χ3n) is 6.08. The molecule has 4 nitrogen and oxygen atoms in total. The molecule has 3 aliphatic carbocycles. The SMILES string of the molecule is COC1(C)C(O)C2C(C(C)C)CC1C1C(=O)OCC12. The van der Waals surface area contributed by atoms with Gasteiger partial charge in [-0.25, -0.2) is 0 Å². The van der Waals surface area contributed by atoms with Gasteiger partial charge in [-0.15, -0.1) is 0 Å². The molecule has 1 saturated heterocycles. The quantitative estimate of drug-likeness (QED) is 0.770. The van der Waals surface area contributed by atoms with Gasteiger partial charge in [-0.05, 0) is 31.1 Å². The maximum Gasteiger partial charge on any atom is 0.309 e. The van der Waals surface area contributed by atoms with E-state index in [9.17, 15) is 9.90 Å². The zero-order valence-electron chi connectivity index (χ0n) is 12.1. The number of carbonyl (C=O) groups is 1. The predicted octanol–water partition coefficient (Wildman–Crippen LogP) is 1.46. The van der Waals surface area contributed by atoms with Gasteiger partial charge in [0.2, 0.25) is 0 Å². The Morgan fingerprint density at radius 2 is 2.16 bits per heavy atom. The van der Waals surface area contributed by atoms with E-state index < -0.39 is 11.7 Å². The monoisotopic (exact) mass is 268 g/mol. The van der Waals surface area contributed by atoms with Crippen molar-refractivity contribution in [1.82, 2.24) is 0 Å². The first kappa shape index (κ1) is 13.4. The highest BCUT2D eigenvalue weighted by atomic mass is 16.5. The highest BCUT2D eigenvalue weighted by Crippen LogP contribution is 2.60. The van der Waals surface area contributed by atoms with Crippen molar-refractivity contribution in [3.05, 3.63) is 0 Å². The molecule has 0 radical (unpaired) electrons. The van der Waals surface area contributed by atoms with E-state index >= 15 is 0 Å². The molecule has 7 unspecified atom stereocenters. The van der Waals surface area contributed by atoms with Crippen LogP contribution in [0.25, 0.3) is 0 Å². The van der Waals surface area contributed by atoms with E-state index in [1.165, 1.54) is 0 Å². The zero-order valence-corrected chi connectivity index (χ0v) is 12.1. The van der Waals surface area contributed by atoms with Crippen molar-refractivity contribution >= 4 is 5.97 Å². The molecule has 0 aromatic heterocycles. The van der Waals surface area contributed by atoms with E-state index in [0.717, 1.165) is 6.42 Å². The minimum Gasteiger partial charge on any atom is -0.465 e. The maximum atomic E-state index is 12.0. The zero-order chi connectivity index (χ0) is 13.9. The Bertz CT molecular complexity index is 394. The Labute approximate surface area is 114 Å². The molecule has 0 aromatic carbocycles. The average Bonchev–Trinajstić information content (AvgIpc) is 2.77. The number of fused-ring (bicyclic) bond motifs is 2. The number of esters is 1. The van der Waals surface area contributed by atoms with Gasteiger partial charge in [0.25, 0.3) is 0 Å². The van der Waals surface area contributed by atoms with E-state index in [1.54, 1.807) is 7.11 Å². The minimum absolute atomic E-state index is 0.0740. The van der Waals surface area contributed by atoms with Crippen LogP contribution >= 0.6 is 0 Å². The molecule has 2 bridgehead atoms. The average molecular weight is 268 g/mol. The molecule has 0 amide bonds. The molecule has 4 heteroatoms. The second-order valence-electron chi connectivity index (χ2n) is 6.98. The molecule has 0 spiro atoms. The predicted molar refractivity (Wildman–Crippen MR) is 69.3 cm³/mol. The summed E-state index contributed by atoms with van der Waals surface area (Å²) in [6.45, 7) is 6.84. The fraction of sp³-hybridized carbons (Fsp3) is 0.933. The van der Waals surface area contributed by atoms with Gasteiger partial charge in [-0.1, -0.05) is 13.8 Å². The molecule has 1 heterocycles. The molecule has 4 rings (SSSR count). The third kappa shape index (κ3) is 1.56. The maximum absolute atomic E-state index is 12.0. The summed E-state index contributed by atoms with van der Waals surface area (Å²) >= 11 is 0. The molecule has 4 fully saturated rings. The lowest BCUT2D eigenvalue weighted by molar-refractivity contribution is -0.243. The minimum atomic E-state index is -0.611. The van der Waals surface area contributed by atoms with Crippen LogP contribution in [-0.4, -0.2) is 36.5 Å². The Kier molecular flexibility index (Phi) is 2.95. The van der Waals surface area contributed by atoms with Gasteiger partial charge in [0.1, 0.15) is 0 Å². The van der Waals surface area contributed by atoms with Crippen molar-refractivity contribution in [3.63, 3.8) is 0 Å². The lowest BCUT2D eigenvalue weighted by Gasteiger charge is -2.60. The molecule has 108 valence electrons. The fourth-order valence-corrected chi connectivity index (χ4v) is 4.93. The first-order valence-corrected chi connectivity index (χ1v) is 7.31. The summed E-state index contributed by atoms with van der Waals surface area (Å²) < 4.78 is 10.9. The van der Waals surface area contributed by atoms with Crippen molar-refractivity contribution in [1.29, 1.82) is 0 Å². The van der Waals surface area contributed by atoms with Crippen LogP contribution in [0.1, 0.15) is 27.2 Å². The van der Waals surface area contributed by atoms with E-state index in [0.29, 0.717) is 18.4 Å². The number of methoxy groups -OCH3 is 1. The van der Waals surface area contributed by atoms with Crippen molar-refractivity contribution < 1.29 is 19.4 Å². The molecule has 1 N–H and O–H groups in total. The second-order valence-corrected chi connectivity index (χ2v) is 6.98. The van der Waals surface area contributed by atoms with E-state index in [-0.39, 0.29) is 29.6 Å². The van der Waals surface area contributed by atoms with Gasteiger partial charge >= 0.3 is 5.97 Å². The normalized spacial score (nSPS) is 52.4. The van der Waals surface area contributed by atoms with Crippen LogP contribution in [0.5, 0.6) is 0 Å². The number of hydrogen-bond donors (Lipinski definition) is 1. The second kappa shape index (κ2) is 4.19. The summed E-state index contributed by atoms with van der Waals surface area (Å²) in [5.74, 6) is 1.18. The Balaban J connectivity index is 2.03. The molecular weight excluding hydrogens is 244 g/mol. The first-order valence-electron chi connectivity index (χ1n) is 7.31. The highest BCUT2D eigenvalue weighted by Gasteiger charge is 2.67. The van der Waals surface area contributed by atoms with Crippen LogP contribution in [0.3, 0.4) is 0 Å². The molecule has 4 aliphatic rings. The standard InChI is InChI=1S/C15H24O4/c1-7(2)8-5-10-12-9(6-19-14(12)17)11(8)13(16)15(10,3)18-4/h7-13,16H,5-6H2,1-4H3. The van der Waals surface area contributed by atoms with Crippen molar-refractivity contribution in [2.75, 3.05) is 13.7 Å². The number of aliphatic hydroxyl groups is 1. The highest BCUT2D eigenvalue weighted by molar-refractivity contribution is 5.76. The van der Waals surface area contributed by atoms with Gasteiger partial charge in [-0.2, -0.15) is 0 Å². The molecule has 3 saturated carbocycles. The molecule has 7 atom stereocenters. The van der Waals surface area contributed by atoms with Crippen LogP contribution < -0.4 is 0 Å². The van der Waals surface area contributed by atoms with Crippen LogP contribution in [0.15, 0.2) is 0 Å². The summed E-state index contributed by atoms with van der Waals surface area (Å²) in [5.41, 5.74) is -0.611. The summed E-state index contributed by atoms with van der Waals surface area (Å²) in [6.07, 6.45) is 0.458. The number of rotatable bonds is 2. The largest absolute Gasteiger partial charge is 0.465 e. The summed E-state index contributed by atoms with van der Waals surface area (Å²) in [4.78, 5) is 12.0. The number of cyclic esters (lactones) is 1.